The van der Waals surface area contributed by atoms with E-state index in [4.69, 9.17) is 21.1 Å². The molecule has 0 heterocycles. The Kier molecular flexibility index (Phi) is 3.85. The summed E-state index contributed by atoms with van der Waals surface area (Å²) in [6.07, 6.45) is 0. The summed E-state index contributed by atoms with van der Waals surface area (Å²) in [4.78, 5) is 11.0. The van der Waals surface area contributed by atoms with Crippen molar-refractivity contribution in [3.63, 3.8) is 0 Å². The Morgan fingerprint density at radius 2 is 1.78 bits per heavy atom. The van der Waals surface area contributed by atoms with E-state index >= 15 is 0 Å². The van der Waals surface area contributed by atoms with E-state index in [-0.39, 0.29) is 5.75 Å². The number of esters is 1. The number of carbonyl (C=O) groups excluding carboxylic acids is 1. The fraction of sp³-hybridized carbons (Fsp3) is 0.0714. The zero-order valence-corrected chi connectivity index (χ0v) is 10.5. The number of para-hydroxylation sites is 2. The lowest BCUT2D eigenvalue weighted by molar-refractivity contribution is -0.131. The summed E-state index contributed by atoms with van der Waals surface area (Å²) in [7, 11) is 0. The van der Waals surface area contributed by atoms with E-state index in [9.17, 15) is 4.79 Å². The maximum absolute atomic E-state index is 11.0. The third-order valence-corrected chi connectivity index (χ3v) is 2.45. The number of rotatable bonds is 3. The molecule has 2 rings (SSSR count). The third kappa shape index (κ3) is 3.02. The van der Waals surface area contributed by atoms with Gasteiger partial charge in [-0.05, 0) is 24.3 Å². The lowest BCUT2D eigenvalue weighted by atomic mass is 10.3. The van der Waals surface area contributed by atoms with Crippen LogP contribution in [0.2, 0.25) is 5.02 Å². The number of carbonyl (C=O) groups is 1. The molecule has 0 fully saturated rings. The largest absolute Gasteiger partial charge is 0.453 e. The summed E-state index contributed by atoms with van der Waals surface area (Å²) in [6, 6.07) is 14.3. The van der Waals surface area contributed by atoms with Crippen molar-refractivity contribution in [2.24, 2.45) is 0 Å². The second kappa shape index (κ2) is 5.56. The number of halogens is 1. The van der Waals surface area contributed by atoms with E-state index in [1.807, 2.05) is 18.2 Å². The Balaban J connectivity index is 2.32. The molecule has 0 atom stereocenters. The smallest absolute Gasteiger partial charge is 0.308 e. The molecule has 0 unspecified atom stereocenters. The van der Waals surface area contributed by atoms with Crippen LogP contribution in [0.4, 0.5) is 0 Å². The van der Waals surface area contributed by atoms with Crippen molar-refractivity contribution in [3.8, 4) is 17.2 Å². The first-order chi connectivity index (χ1) is 8.66. The molecule has 0 N–H and O–H groups in total. The molecule has 0 amide bonds. The highest BCUT2D eigenvalue weighted by Gasteiger charge is 2.12. The molecule has 0 spiro atoms. The van der Waals surface area contributed by atoms with E-state index in [0.29, 0.717) is 16.5 Å². The molecular weight excluding hydrogens is 252 g/mol. The van der Waals surface area contributed by atoms with Gasteiger partial charge in [0.25, 0.3) is 0 Å². The van der Waals surface area contributed by atoms with E-state index in [1.165, 1.54) is 6.92 Å². The first-order valence-corrected chi connectivity index (χ1v) is 5.74. The van der Waals surface area contributed by atoms with Crippen LogP contribution in [0.5, 0.6) is 17.2 Å². The highest BCUT2D eigenvalue weighted by Crippen LogP contribution is 2.37. The molecule has 0 saturated heterocycles. The van der Waals surface area contributed by atoms with Crippen LogP contribution in [0.1, 0.15) is 6.92 Å². The monoisotopic (exact) mass is 262 g/mol. The van der Waals surface area contributed by atoms with Crippen LogP contribution in [-0.4, -0.2) is 5.97 Å². The molecule has 0 saturated carbocycles. The lowest BCUT2D eigenvalue weighted by Crippen LogP contribution is -2.03. The molecule has 0 aliphatic rings. The lowest BCUT2D eigenvalue weighted by Gasteiger charge is -2.11. The quantitative estimate of drug-likeness (QED) is 0.618. The molecule has 3 nitrogen and oxygen atoms in total. The minimum Gasteiger partial charge on any atom is -0.453 e. The number of benzene rings is 2. The normalized spacial score (nSPS) is 9.89. The van der Waals surface area contributed by atoms with Crippen LogP contribution in [-0.2, 0) is 4.79 Å². The molecule has 0 aromatic heterocycles. The average molecular weight is 263 g/mol. The number of ether oxygens (including phenoxy) is 2. The average Bonchev–Trinajstić information content (AvgIpc) is 2.34. The number of hydrogen-bond donors (Lipinski definition) is 0. The predicted octanol–water partition coefficient (Wildman–Crippen LogP) is 4.06. The topological polar surface area (TPSA) is 35.5 Å². The molecule has 0 bridgehead atoms. The first-order valence-electron chi connectivity index (χ1n) is 5.36. The van der Waals surface area contributed by atoms with Crippen molar-refractivity contribution in [2.45, 2.75) is 6.92 Å². The van der Waals surface area contributed by atoms with E-state index in [2.05, 4.69) is 0 Å². The third-order valence-electron chi connectivity index (χ3n) is 2.15. The molecule has 18 heavy (non-hydrogen) atoms. The molecule has 4 heteroatoms. The van der Waals surface area contributed by atoms with Crippen molar-refractivity contribution in [1.82, 2.24) is 0 Å². The summed E-state index contributed by atoms with van der Waals surface area (Å²) in [6.45, 7) is 1.32. The van der Waals surface area contributed by atoms with Crippen LogP contribution >= 0.6 is 11.6 Å². The summed E-state index contributed by atoms with van der Waals surface area (Å²) in [5.74, 6) is 0.841. The Morgan fingerprint density at radius 1 is 1.06 bits per heavy atom. The molecule has 0 aliphatic carbocycles. The van der Waals surface area contributed by atoms with Crippen molar-refractivity contribution in [2.75, 3.05) is 0 Å². The summed E-state index contributed by atoms with van der Waals surface area (Å²) < 4.78 is 10.7. The molecule has 92 valence electrons. The van der Waals surface area contributed by atoms with Crippen LogP contribution in [0.3, 0.4) is 0 Å². The fourth-order valence-corrected chi connectivity index (χ4v) is 1.63. The number of hydrogen-bond acceptors (Lipinski definition) is 3. The first kappa shape index (κ1) is 12.5. The van der Waals surface area contributed by atoms with E-state index in [0.717, 1.165) is 0 Å². The second-order valence-electron chi connectivity index (χ2n) is 3.58. The van der Waals surface area contributed by atoms with Gasteiger partial charge in [-0.15, -0.1) is 0 Å². The minimum absolute atomic E-state index is 0.232. The van der Waals surface area contributed by atoms with Gasteiger partial charge in [0.05, 0.1) is 5.02 Å². The summed E-state index contributed by atoms with van der Waals surface area (Å²) in [5.41, 5.74) is 0. The van der Waals surface area contributed by atoms with Crippen LogP contribution in [0.25, 0.3) is 0 Å². The molecule has 2 aromatic carbocycles. The van der Waals surface area contributed by atoms with Gasteiger partial charge in [-0.1, -0.05) is 35.9 Å². The highest BCUT2D eigenvalue weighted by molar-refractivity contribution is 6.32. The zero-order chi connectivity index (χ0) is 13.0. The van der Waals surface area contributed by atoms with Gasteiger partial charge in [0, 0.05) is 6.92 Å². The van der Waals surface area contributed by atoms with Gasteiger partial charge < -0.3 is 9.47 Å². The zero-order valence-electron chi connectivity index (χ0n) is 9.72. The van der Waals surface area contributed by atoms with Gasteiger partial charge in [-0.2, -0.15) is 0 Å². The van der Waals surface area contributed by atoms with Gasteiger partial charge in [-0.25, -0.2) is 0 Å². The van der Waals surface area contributed by atoms with Gasteiger partial charge in [0.2, 0.25) is 0 Å². The maximum Gasteiger partial charge on any atom is 0.308 e. The van der Waals surface area contributed by atoms with E-state index in [1.54, 1.807) is 30.3 Å². The van der Waals surface area contributed by atoms with Gasteiger partial charge >= 0.3 is 5.97 Å². The Morgan fingerprint density at radius 3 is 2.44 bits per heavy atom. The maximum atomic E-state index is 11.0. The van der Waals surface area contributed by atoms with Gasteiger partial charge in [-0.3, -0.25) is 4.79 Å². The molecular formula is C14H11ClO3. The SMILES string of the molecule is CC(=O)Oc1c(Cl)cccc1Oc1ccccc1. The van der Waals surface area contributed by atoms with Crippen molar-refractivity contribution in [1.29, 1.82) is 0 Å². The second-order valence-corrected chi connectivity index (χ2v) is 3.98. The van der Waals surface area contributed by atoms with Crippen LogP contribution in [0, 0.1) is 0 Å². The Hall–Kier alpha value is -2.00. The molecule has 0 aliphatic heterocycles. The standard InChI is InChI=1S/C14H11ClO3/c1-10(16)17-14-12(15)8-5-9-13(14)18-11-6-3-2-4-7-11/h2-9H,1H3. The molecule has 0 radical (unpaired) electrons. The minimum atomic E-state index is -0.444. The summed E-state index contributed by atoms with van der Waals surface area (Å²) in [5, 5.41) is 0.332. The van der Waals surface area contributed by atoms with Crippen molar-refractivity contribution >= 4 is 17.6 Å². The van der Waals surface area contributed by atoms with Gasteiger partial charge in [0.15, 0.2) is 11.5 Å². The van der Waals surface area contributed by atoms with Crippen LogP contribution < -0.4 is 9.47 Å². The Labute approximate surface area is 110 Å². The van der Waals surface area contributed by atoms with E-state index < -0.39 is 5.97 Å². The highest BCUT2D eigenvalue weighted by atomic mass is 35.5. The Bertz CT molecular complexity index is 552. The van der Waals surface area contributed by atoms with Crippen LogP contribution in [0.15, 0.2) is 48.5 Å². The fourth-order valence-electron chi connectivity index (χ4n) is 1.43. The van der Waals surface area contributed by atoms with Gasteiger partial charge in [0.1, 0.15) is 5.75 Å². The van der Waals surface area contributed by atoms with Crippen molar-refractivity contribution in [3.05, 3.63) is 53.6 Å². The predicted molar refractivity (Wildman–Crippen MR) is 69.3 cm³/mol. The van der Waals surface area contributed by atoms with Crippen molar-refractivity contribution < 1.29 is 14.3 Å². The summed E-state index contributed by atoms with van der Waals surface area (Å²) >= 11 is 5.98. The molecule has 2 aromatic rings.